The van der Waals surface area contributed by atoms with Gasteiger partial charge in [-0.25, -0.2) is 0 Å². The first-order valence-corrected chi connectivity index (χ1v) is 10.1. The standard InChI is InChI=1S/C15H15F5O9S/c1-2-6(21)27-9-4-3-5-7(9)11(22)28-10(5)8(4)12(23)29-13(14(16,17)18)15(19,20)30(24,25)26/h4-5,7-10,13H,2-3H2,1H3,(H,24,25,26). The number of carbonyl (C=O) groups excluding carboxylic acids is 3. The monoisotopic (exact) mass is 466 g/mol. The molecule has 0 aromatic carbocycles. The molecule has 0 aromatic heterocycles. The highest BCUT2D eigenvalue weighted by atomic mass is 32.2. The molecule has 1 heterocycles. The Balaban J connectivity index is 1.89. The van der Waals surface area contributed by atoms with Crippen LogP contribution in [0.3, 0.4) is 0 Å². The number of carbonyl (C=O) groups is 3. The summed E-state index contributed by atoms with van der Waals surface area (Å²) < 4.78 is 110. The minimum atomic E-state index is -6.60. The Labute approximate surface area is 165 Å². The molecule has 0 radical (unpaired) electrons. The topological polar surface area (TPSA) is 133 Å². The predicted molar refractivity (Wildman–Crippen MR) is 81.1 cm³/mol. The second-order valence-corrected chi connectivity index (χ2v) is 8.71. The Bertz CT molecular complexity index is 870. The lowest BCUT2D eigenvalue weighted by atomic mass is 9.80. The number of alkyl halides is 5. The van der Waals surface area contributed by atoms with E-state index in [1.54, 1.807) is 0 Å². The van der Waals surface area contributed by atoms with E-state index in [0.717, 1.165) is 0 Å². The first-order valence-electron chi connectivity index (χ1n) is 8.63. The molecule has 3 aliphatic rings. The molecular formula is C15H15F5O9S. The number of hydrogen-bond donors (Lipinski definition) is 1. The van der Waals surface area contributed by atoms with Crippen molar-refractivity contribution in [1.82, 2.24) is 0 Å². The number of rotatable bonds is 6. The summed E-state index contributed by atoms with van der Waals surface area (Å²) in [5, 5.41) is -5.89. The van der Waals surface area contributed by atoms with Gasteiger partial charge in [-0.2, -0.15) is 30.4 Å². The van der Waals surface area contributed by atoms with Gasteiger partial charge in [0.15, 0.2) is 0 Å². The molecule has 0 spiro atoms. The van der Waals surface area contributed by atoms with Crippen molar-refractivity contribution in [3.8, 4) is 0 Å². The minimum absolute atomic E-state index is 0.0217. The highest BCUT2D eigenvalue weighted by molar-refractivity contribution is 7.86. The van der Waals surface area contributed by atoms with E-state index < -0.39 is 81.4 Å². The Morgan fingerprint density at radius 1 is 1.23 bits per heavy atom. The van der Waals surface area contributed by atoms with Crippen molar-refractivity contribution in [2.75, 3.05) is 0 Å². The highest BCUT2D eigenvalue weighted by Crippen LogP contribution is 2.59. The van der Waals surface area contributed by atoms with Gasteiger partial charge in [0.2, 0.25) is 0 Å². The SMILES string of the molecule is CCC(=O)OC1C2CC3C(OC(=O)C31)C2C(=O)OC(C(F)(F)F)C(F)(F)S(=O)(=O)O. The van der Waals surface area contributed by atoms with Crippen LogP contribution in [0.15, 0.2) is 0 Å². The summed E-state index contributed by atoms with van der Waals surface area (Å²) >= 11 is 0. The number of fused-ring (bicyclic) bond motifs is 1. The van der Waals surface area contributed by atoms with Gasteiger partial charge in [0, 0.05) is 18.3 Å². The van der Waals surface area contributed by atoms with Gasteiger partial charge in [-0.05, 0) is 6.42 Å². The van der Waals surface area contributed by atoms with Crippen LogP contribution in [0.4, 0.5) is 22.0 Å². The van der Waals surface area contributed by atoms with Gasteiger partial charge in [-0.1, -0.05) is 6.92 Å². The van der Waals surface area contributed by atoms with E-state index >= 15 is 0 Å². The number of hydrogen-bond acceptors (Lipinski definition) is 8. The van der Waals surface area contributed by atoms with Crippen LogP contribution >= 0.6 is 0 Å². The molecule has 1 N–H and O–H groups in total. The van der Waals surface area contributed by atoms with E-state index in [0.29, 0.717) is 0 Å². The fourth-order valence-corrected chi connectivity index (χ4v) is 4.80. The summed E-state index contributed by atoms with van der Waals surface area (Å²) in [6, 6.07) is 0. The van der Waals surface area contributed by atoms with E-state index in [-0.39, 0.29) is 12.8 Å². The first-order chi connectivity index (χ1) is 13.6. The molecule has 0 aromatic rings. The van der Waals surface area contributed by atoms with E-state index in [1.807, 2.05) is 0 Å². The zero-order chi connectivity index (χ0) is 22.8. The van der Waals surface area contributed by atoms with Crippen molar-refractivity contribution >= 4 is 28.0 Å². The quantitative estimate of drug-likeness (QED) is 0.264. The summed E-state index contributed by atoms with van der Waals surface area (Å²) in [5.74, 6) is -7.92. The van der Waals surface area contributed by atoms with Gasteiger partial charge in [-0.15, -0.1) is 0 Å². The van der Waals surface area contributed by atoms with Crippen LogP contribution in [-0.2, 0) is 38.7 Å². The summed E-state index contributed by atoms with van der Waals surface area (Å²) in [5.41, 5.74) is 0. The molecule has 2 saturated carbocycles. The molecular weight excluding hydrogens is 451 g/mol. The molecule has 170 valence electrons. The first kappa shape index (κ1) is 22.7. The molecule has 9 nitrogen and oxygen atoms in total. The minimum Gasteiger partial charge on any atom is -0.461 e. The van der Waals surface area contributed by atoms with Gasteiger partial charge in [-0.3, -0.25) is 18.9 Å². The van der Waals surface area contributed by atoms with Crippen LogP contribution in [0.5, 0.6) is 0 Å². The Morgan fingerprint density at radius 3 is 2.33 bits per heavy atom. The smallest absolute Gasteiger partial charge is 0.432 e. The van der Waals surface area contributed by atoms with Crippen LogP contribution in [-0.4, -0.2) is 60.6 Å². The molecule has 1 saturated heterocycles. The maximum absolute atomic E-state index is 13.7. The lowest BCUT2D eigenvalue weighted by Gasteiger charge is -2.32. The zero-order valence-corrected chi connectivity index (χ0v) is 15.8. The average Bonchev–Trinajstić information content (AvgIpc) is 3.19. The van der Waals surface area contributed by atoms with Crippen LogP contribution in [0.25, 0.3) is 0 Å². The summed E-state index contributed by atoms with van der Waals surface area (Å²) in [7, 11) is -6.60. The van der Waals surface area contributed by atoms with E-state index in [9.17, 15) is 44.8 Å². The summed E-state index contributed by atoms with van der Waals surface area (Å²) in [6.45, 7) is 1.43. The molecule has 3 rings (SSSR count). The Hall–Kier alpha value is -2.03. The normalized spacial score (nSPS) is 33.9. The predicted octanol–water partition coefficient (Wildman–Crippen LogP) is 1.07. The third-order valence-corrected chi connectivity index (χ3v) is 6.45. The molecule has 0 amide bonds. The van der Waals surface area contributed by atoms with Crippen LogP contribution in [0.1, 0.15) is 19.8 Å². The van der Waals surface area contributed by atoms with Gasteiger partial charge in [0.05, 0.1) is 0 Å². The fourth-order valence-electron chi connectivity index (χ4n) is 4.35. The van der Waals surface area contributed by atoms with Gasteiger partial charge in [0.1, 0.15) is 24.0 Å². The molecule has 2 bridgehead atoms. The lowest BCUT2D eigenvalue weighted by molar-refractivity contribution is -0.262. The van der Waals surface area contributed by atoms with E-state index in [1.165, 1.54) is 6.92 Å². The maximum atomic E-state index is 13.7. The van der Waals surface area contributed by atoms with Crippen molar-refractivity contribution in [1.29, 1.82) is 0 Å². The molecule has 7 unspecified atom stereocenters. The molecule has 2 aliphatic carbocycles. The largest absolute Gasteiger partial charge is 0.461 e. The average molecular weight is 466 g/mol. The van der Waals surface area contributed by atoms with Crippen molar-refractivity contribution in [2.24, 2.45) is 23.7 Å². The number of esters is 3. The van der Waals surface area contributed by atoms with Gasteiger partial charge in [0.25, 0.3) is 6.10 Å². The van der Waals surface area contributed by atoms with Crippen LogP contribution in [0.2, 0.25) is 0 Å². The highest BCUT2D eigenvalue weighted by Gasteiger charge is 2.72. The Morgan fingerprint density at radius 2 is 1.83 bits per heavy atom. The van der Waals surface area contributed by atoms with Crippen LogP contribution in [0, 0.1) is 23.7 Å². The van der Waals surface area contributed by atoms with E-state index in [2.05, 4.69) is 4.74 Å². The van der Waals surface area contributed by atoms with Gasteiger partial charge >= 0.3 is 39.5 Å². The number of halogens is 5. The second kappa shape index (κ2) is 7.00. The third-order valence-electron chi connectivity index (χ3n) is 5.55. The van der Waals surface area contributed by atoms with Crippen molar-refractivity contribution in [3.05, 3.63) is 0 Å². The fraction of sp³-hybridized carbons (Fsp3) is 0.800. The summed E-state index contributed by atoms with van der Waals surface area (Å²) in [6.07, 6.45) is -13.2. The maximum Gasteiger partial charge on any atom is 0.432 e. The summed E-state index contributed by atoms with van der Waals surface area (Å²) in [4.78, 5) is 36.1. The van der Waals surface area contributed by atoms with Crippen molar-refractivity contribution in [2.45, 2.75) is 49.5 Å². The number of ether oxygens (including phenoxy) is 3. The zero-order valence-electron chi connectivity index (χ0n) is 15.0. The van der Waals surface area contributed by atoms with Crippen molar-refractivity contribution in [3.63, 3.8) is 0 Å². The Kier molecular flexibility index (Phi) is 5.29. The lowest BCUT2D eigenvalue weighted by Crippen LogP contribution is -2.54. The van der Waals surface area contributed by atoms with Gasteiger partial charge < -0.3 is 14.2 Å². The molecule has 30 heavy (non-hydrogen) atoms. The molecule has 1 aliphatic heterocycles. The molecule has 15 heteroatoms. The molecule has 7 atom stereocenters. The van der Waals surface area contributed by atoms with Crippen LogP contribution < -0.4 is 0 Å². The molecule has 3 fully saturated rings. The third kappa shape index (κ3) is 3.40. The second-order valence-electron chi connectivity index (χ2n) is 7.22. The van der Waals surface area contributed by atoms with Crippen molar-refractivity contribution < 1.29 is 63.5 Å². The van der Waals surface area contributed by atoms with E-state index in [4.69, 9.17) is 14.0 Å².